The molecule has 1 aliphatic rings. The van der Waals surface area contributed by atoms with Crippen LogP contribution in [0.2, 0.25) is 0 Å². The summed E-state index contributed by atoms with van der Waals surface area (Å²) in [6.07, 6.45) is 3.12. The molecule has 4 heteroatoms. The Bertz CT molecular complexity index is 583. The van der Waals surface area contributed by atoms with E-state index in [1.54, 1.807) is 11.3 Å². The molecule has 1 atom stereocenters. The molecule has 1 aliphatic heterocycles. The van der Waals surface area contributed by atoms with Gasteiger partial charge in [0, 0.05) is 16.6 Å². The van der Waals surface area contributed by atoms with Gasteiger partial charge in [0.2, 0.25) is 0 Å². The Balaban J connectivity index is 1.78. The van der Waals surface area contributed by atoms with Crippen molar-refractivity contribution in [2.45, 2.75) is 38.3 Å². The first-order chi connectivity index (χ1) is 10.2. The van der Waals surface area contributed by atoms with Gasteiger partial charge in [-0.15, -0.1) is 11.3 Å². The van der Waals surface area contributed by atoms with Crippen LogP contribution in [0.25, 0.3) is 0 Å². The zero-order chi connectivity index (χ0) is 14.7. The third kappa shape index (κ3) is 3.18. The zero-order valence-electron chi connectivity index (χ0n) is 12.5. The van der Waals surface area contributed by atoms with Crippen LogP contribution in [0, 0.1) is 6.92 Å². The maximum absolute atomic E-state index is 10.1. The highest BCUT2D eigenvalue weighted by Gasteiger charge is 2.40. The molecule has 2 aromatic rings. The number of aliphatic hydroxyl groups excluding tert-OH is 1. The van der Waals surface area contributed by atoms with E-state index in [1.165, 1.54) is 5.56 Å². The molecule has 1 unspecified atom stereocenters. The summed E-state index contributed by atoms with van der Waals surface area (Å²) in [5.74, 6) is 0. The van der Waals surface area contributed by atoms with Gasteiger partial charge in [0.25, 0.3) is 0 Å². The summed E-state index contributed by atoms with van der Waals surface area (Å²) in [4.78, 5) is 7.01. The van der Waals surface area contributed by atoms with Crippen LogP contribution in [0.3, 0.4) is 0 Å². The fourth-order valence-electron chi connectivity index (χ4n) is 3.29. The number of hydrogen-bond donors (Lipinski definition) is 1. The lowest BCUT2D eigenvalue weighted by atomic mass is 9.89. The van der Waals surface area contributed by atoms with Gasteiger partial charge in [-0.1, -0.05) is 30.3 Å². The second kappa shape index (κ2) is 6.26. The minimum absolute atomic E-state index is 0.124. The van der Waals surface area contributed by atoms with E-state index in [-0.39, 0.29) is 12.1 Å². The van der Waals surface area contributed by atoms with E-state index in [4.69, 9.17) is 0 Å². The van der Waals surface area contributed by atoms with E-state index in [0.29, 0.717) is 0 Å². The minimum atomic E-state index is -0.124. The smallest absolute Gasteiger partial charge is 0.107 e. The quantitative estimate of drug-likeness (QED) is 0.922. The Morgan fingerprint density at radius 1 is 1.33 bits per heavy atom. The lowest BCUT2D eigenvalue weighted by Crippen LogP contribution is -2.48. The number of thiazole rings is 1. The number of aromatic nitrogens is 1. The predicted octanol–water partition coefficient (Wildman–Crippen LogP) is 3.02. The van der Waals surface area contributed by atoms with Gasteiger partial charge in [0.15, 0.2) is 0 Å². The van der Waals surface area contributed by atoms with Gasteiger partial charge >= 0.3 is 0 Å². The first kappa shape index (κ1) is 14.7. The molecule has 1 aromatic carbocycles. The molecule has 112 valence electrons. The molecule has 0 bridgehead atoms. The largest absolute Gasteiger partial charge is 0.394 e. The van der Waals surface area contributed by atoms with E-state index in [1.807, 2.05) is 13.0 Å². The molecule has 1 aromatic heterocycles. The summed E-state index contributed by atoms with van der Waals surface area (Å²) in [5.41, 5.74) is 2.27. The Kier molecular flexibility index (Phi) is 4.38. The van der Waals surface area contributed by atoms with Crippen molar-refractivity contribution in [2.24, 2.45) is 0 Å². The van der Waals surface area contributed by atoms with Crippen molar-refractivity contribution < 1.29 is 5.11 Å². The average Bonchev–Trinajstić information content (AvgIpc) is 3.08. The maximum atomic E-state index is 10.1. The molecular formula is C17H22N2OS. The molecule has 21 heavy (non-hydrogen) atoms. The summed E-state index contributed by atoms with van der Waals surface area (Å²) >= 11 is 1.72. The molecule has 0 aliphatic carbocycles. The van der Waals surface area contributed by atoms with Gasteiger partial charge in [-0.25, -0.2) is 4.98 Å². The summed E-state index contributed by atoms with van der Waals surface area (Å²) < 4.78 is 0. The molecule has 0 spiro atoms. The number of aliphatic hydroxyl groups is 1. The van der Waals surface area contributed by atoms with Crippen LogP contribution in [0.15, 0.2) is 35.7 Å². The number of rotatable bonds is 5. The standard InChI is InChI=1S/C17H22N2OS/c1-14-12-21-16(18-14)11-19-9-5-8-17(19,13-20)10-15-6-3-2-4-7-15/h2-4,6-7,12,20H,5,8-11,13H2,1H3. The minimum Gasteiger partial charge on any atom is -0.394 e. The zero-order valence-corrected chi connectivity index (χ0v) is 13.3. The number of benzene rings is 1. The third-order valence-corrected chi connectivity index (χ3v) is 5.36. The third-order valence-electron chi connectivity index (χ3n) is 4.40. The van der Waals surface area contributed by atoms with Crippen molar-refractivity contribution in [2.75, 3.05) is 13.2 Å². The van der Waals surface area contributed by atoms with Crippen LogP contribution in [0.5, 0.6) is 0 Å². The Labute approximate surface area is 130 Å². The Morgan fingerprint density at radius 2 is 2.14 bits per heavy atom. The van der Waals surface area contributed by atoms with Crippen LogP contribution in [0.1, 0.15) is 29.1 Å². The van der Waals surface area contributed by atoms with Crippen molar-refractivity contribution >= 4 is 11.3 Å². The fraction of sp³-hybridized carbons (Fsp3) is 0.471. The molecular weight excluding hydrogens is 280 g/mol. The van der Waals surface area contributed by atoms with Crippen molar-refractivity contribution in [3.63, 3.8) is 0 Å². The SMILES string of the molecule is Cc1csc(CN2CCCC2(CO)Cc2ccccc2)n1. The van der Waals surface area contributed by atoms with Crippen molar-refractivity contribution in [1.29, 1.82) is 0 Å². The molecule has 0 amide bonds. The highest BCUT2D eigenvalue weighted by Crippen LogP contribution is 2.34. The summed E-state index contributed by atoms with van der Waals surface area (Å²) in [5, 5.41) is 13.3. The Hall–Kier alpha value is -1.23. The highest BCUT2D eigenvalue weighted by molar-refractivity contribution is 7.09. The first-order valence-corrected chi connectivity index (χ1v) is 8.41. The maximum Gasteiger partial charge on any atom is 0.107 e. The number of hydrogen-bond acceptors (Lipinski definition) is 4. The van der Waals surface area contributed by atoms with Crippen LogP contribution in [-0.2, 0) is 13.0 Å². The number of likely N-dealkylation sites (tertiary alicyclic amines) is 1. The first-order valence-electron chi connectivity index (χ1n) is 7.53. The van der Waals surface area contributed by atoms with E-state index in [0.717, 1.165) is 43.1 Å². The molecule has 1 fully saturated rings. The lowest BCUT2D eigenvalue weighted by Gasteiger charge is -2.37. The van der Waals surface area contributed by atoms with Crippen molar-refractivity contribution in [1.82, 2.24) is 9.88 Å². The van der Waals surface area contributed by atoms with Crippen molar-refractivity contribution in [3.05, 3.63) is 52.0 Å². The van der Waals surface area contributed by atoms with Gasteiger partial charge in [-0.3, -0.25) is 4.90 Å². The fourth-order valence-corrected chi connectivity index (χ4v) is 4.08. The highest BCUT2D eigenvalue weighted by atomic mass is 32.1. The molecule has 3 rings (SSSR count). The summed E-state index contributed by atoms with van der Waals surface area (Å²) in [6.45, 7) is 4.15. The van der Waals surface area contributed by atoms with Gasteiger partial charge in [0.1, 0.15) is 5.01 Å². The van der Waals surface area contributed by atoms with Gasteiger partial charge in [-0.2, -0.15) is 0 Å². The second-order valence-electron chi connectivity index (χ2n) is 5.95. The number of nitrogens with zero attached hydrogens (tertiary/aromatic N) is 2. The van der Waals surface area contributed by atoms with Crippen LogP contribution < -0.4 is 0 Å². The average molecular weight is 302 g/mol. The lowest BCUT2D eigenvalue weighted by molar-refractivity contribution is 0.0581. The number of aryl methyl sites for hydroxylation is 1. The molecule has 1 saturated heterocycles. The second-order valence-corrected chi connectivity index (χ2v) is 6.90. The molecule has 1 N–H and O–H groups in total. The normalized spacial score (nSPS) is 22.8. The molecule has 0 radical (unpaired) electrons. The van der Waals surface area contributed by atoms with Gasteiger partial charge in [-0.05, 0) is 38.3 Å². The molecule has 3 nitrogen and oxygen atoms in total. The van der Waals surface area contributed by atoms with Gasteiger partial charge < -0.3 is 5.11 Å². The van der Waals surface area contributed by atoms with E-state index >= 15 is 0 Å². The van der Waals surface area contributed by atoms with E-state index in [2.05, 4.69) is 39.5 Å². The van der Waals surface area contributed by atoms with Crippen LogP contribution in [-0.4, -0.2) is 33.7 Å². The molecule has 2 heterocycles. The topological polar surface area (TPSA) is 36.4 Å². The van der Waals surface area contributed by atoms with E-state index in [9.17, 15) is 5.11 Å². The van der Waals surface area contributed by atoms with Crippen molar-refractivity contribution in [3.8, 4) is 0 Å². The van der Waals surface area contributed by atoms with E-state index < -0.39 is 0 Å². The van der Waals surface area contributed by atoms with Gasteiger partial charge in [0.05, 0.1) is 13.2 Å². The summed E-state index contributed by atoms with van der Waals surface area (Å²) in [7, 11) is 0. The Morgan fingerprint density at radius 3 is 2.81 bits per heavy atom. The predicted molar refractivity (Wildman–Crippen MR) is 86.5 cm³/mol. The monoisotopic (exact) mass is 302 g/mol. The van der Waals surface area contributed by atoms with Crippen LogP contribution >= 0.6 is 11.3 Å². The van der Waals surface area contributed by atoms with Crippen LogP contribution in [0.4, 0.5) is 0 Å². The summed E-state index contributed by atoms with van der Waals surface area (Å²) in [6, 6.07) is 10.5. The molecule has 0 saturated carbocycles.